The maximum atomic E-state index is 6.29. The van der Waals surface area contributed by atoms with Crippen LogP contribution in [0, 0.1) is 0 Å². The van der Waals surface area contributed by atoms with Gasteiger partial charge in [-0.25, -0.2) is 0 Å². The molecule has 25 heavy (non-hydrogen) atoms. The lowest BCUT2D eigenvalue weighted by atomic mass is 10.1. The van der Waals surface area contributed by atoms with E-state index in [0.29, 0.717) is 12.1 Å². The number of hydrogen-bond acceptors (Lipinski definition) is 4. The molecule has 2 aliphatic carbocycles. The van der Waals surface area contributed by atoms with Gasteiger partial charge in [-0.15, -0.1) is 0 Å². The van der Waals surface area contributed by atoms with Gasteiger partial charge in [0.2, 0.25) is 0 Å². The largest absolute Gasteiger partial charge is 0.358 e. The van der Waals surface area contributed by atoms with Crippen molar-refractivity contribution in [2.24, 2.45) is 0 Å². The zero-order chi connectivity index (χ0) is 16.4. The van der Waals surface area contributed by atoms with Crippen LogP contribution in [0.2, 0.25) is 0 Å². The highest BCUT2D eigenvalue weighted by atomic mass is 16.5. The molecule has 2 heterocycles. The Morgan fingerprint density at radius 2 is 1.20 bits per heavy atom. The molecule has 0 bridgehead atoms. The number of nitrogens with one attached hydrogen (secondary N) is 2. The van der Waals surface area contributed by atoms with Crippen LogP contribution in [0.3, 0.4) is 0 Å². The molecule has 4 aliphatic rings. The minimum Gasteiger partial charge on any atom is -0.358 e. The normalized spacial score (nSPS) is 37.6. The third-order valence-electron chi connectivity index (χ3n) is 6.20. The first-order chi connectivity index (χ1) is 12.3. The first kappa shape index (κ1) is 14.4. The van der Waals surface area contributed by atoms with Crippen LogP contribution in [0.25, 0.3) is 0 Å². The number of hydrogen-bond donors (Lipinski definition) is 2. The van der Waals surface area contributed by atoms with Crippen LogP contribution in [0.4, 0.5) is 0 Å². The van der Waals surface area contributed by atoms with Crippen molar-refractivity contribution >= 4 is 0 Å². The average molecular weight is 334 g/mol. The average Bonchev–Trinajstić information content (AvgIpc) is 3.33. The lowest BCUT2D eigenvalue weighted by Crippen LogP contribution is -2.35. The molecule has 128 valence electrons. The molecule has 2 saturated heterocycles. The molecule has 4 heteroatoms. The number of benzene rings is 2. The molecule has 0 amide bonds. The second-order valence-corrected chi connectivity index (χ2v) is 7.66. The number of fused-ring (bicyclic) bond motifs is 6. The van der Waals surface area contributed by atoms with E-state index in [0.717, 1.165) is 19.3 Å². The molecule has 4 nitrogen and oxygen atoms in total. The fourth-order valence-corrected chi connectivity index (χ4v) is 5.11. The fraction of sp³-hybridized carbons (Fsp3) is 0.429. The second kappa shape index (κ2) is 5.39. The smallest absolute Gasteiger partial charge is 0.112 e. The minimum absolute atomic E-state index is 0.0647. The Morgan fingerprint density at radius 1 is 0.720 bits per heavy atom. The Bertz CT molecular complexity index is 756. The maximum absolute atomic E-state index is 6.29. The molecule has 0 aromatic heterocycles. The van der Waals surface area contributed by atoms with E-state index in [9.17, 15) is 0 Å². The van der Waals surface area contributed by atoms with Crippen molar-refractivity contribution in [1.29, 1.82) is 0 Å². The molecule has 2 N–H and O–H groups in total. The first-order valence-electron chi connectivity index (χ1n) is 9.34. The van der Waals surface area contributed by atoms with Gasteiger partial charge in [-0.1, -0.05) is 48.5 Å². The molecule has 0 spiro atoms. The van der Waals surface area contributed by atoms with Crippen molar-refractivity contribution in [3.63, 3.8) is 0 Å². The van der Waals surface area contributed by atoms with E-state index < -0.39 is 0 Å². The van der Waals surface area contributed by atoms with E-state index in [1.54, 1.807) is 0 Å². The topological polar surface area (TPSA) is 42.5 Å². The standard InChI is InChI=1S/C21H22N2O2/c1-3-7-14-12(5-1)9-16-20(14)22-18(24-16)11-19-23-21-15-8-4-2-6-13(15)10-17(21)25-19/h1-8,16-23H,9-11H2/t16-,17-,18-,19-,20+,21+/m0/s1. The SMILES string of the molecule is c1ccc2c(c1)C[C@@H]1O[C@@H](C[C@H]3N[C@@H]4c5ccccc5C[C@@H]4O3)N[C@H]21. The van der Waals surface area contributed by atoms with Gasteiger partial charge in [0, 0.05) is 19.3 Å². The summed E-state index contributed by atoms with van der Waals surface area (Å²) in [6, 6.07) is 18.0. The maximum Gasteiger partial charge on any atom is 0.112 e. The third kappa shape index (κ3) is 2.22. The zero-order valence-corrected chi connectivity index (χ0v) is 14.0. The van der Waals surface area contributed by atoms with Gasteiger partial charge in [-0.2, -0.15) is 0 Å². The molecule has 6 atom stereocenters. The van der Waals surface area contributed by atoms with Gasteiger partial charge in [0.1, 0.15) is 12.5 Å². The van der Waals surface area contributed by atoms with Crippen LogP contribution >= 0.6 is 0 Å². The minimum atomic E-state index is 0.0647. The van der Waals surface area contributed by atoms with Gasteiger partial charge in [-0.05, 0) is 22.3 Å². The Morgan fingerprint density at radius 3 is 1.72 bits per heavy atom. The summed E-state index contributed by atoms with van der Waals surface area (Å²) in [7, 11) is 0. The fourth-order valence-electron chi connectivity index (χ4n) is 5.11. The van der Waals surface area contributed by atoms with Crippen molar-refractivity contribution in [3.8, 4) is 0 Å². The predicted molar refractivity (Wildman–Crippen MR) is 94.0 cm³/mol. The predicted octanol–water partition coefficient (Wildman–Crippen LogP) is 2.60. The quantitative estimate of drug-likeness (QED) is 0.886. The van der Waals surface area contributed by atoms with Crippen molar-refractivity contribution in [1.82, 2.24) is 10.6 Å². The van der Waals surface area contributed by atoms with Crippen LogP contribution in [0.15, 0.2) is 48.5 Å². The number of rotatable bonds is 2. The third-order valence-corrected chi connectivity index (χ3v) is 6.20. The second-order valence-electron chi connectivity index (χ2n) is 7.66. The van der Waals surface area contributed by atoms with Crippen LogP contribution in [-0.4, -0.2) is 24.7 Å². The van der Waals surface area contributed by atoms with E-state index in [1.807, 2.05) is 0 Å². The zero-order valence-electron chi connectivity index (χ0n) is 14.0. The van der Waals surface area contributed by atoms with Crippen molar-refractivity contribution < 1.29 is 9.47 Å². The summed E-state index contributed by atoms with van der Waals surface area (Å²) < 4.78 is 12.6. The van der Waals surface area contributed by atoms with E-state index in [-0.39, 0.29) is 24.7 Å². The van der Waals surface area contributed by atoms with Crippen LogP contribution in [-0.2, 0) is 22.3 Å². The summed E-state index contributed by atoms with van der Waals surface area (Å²) in [5.74, 6) is 0. The van der Waals surface area contributed by atoms with Crippen molar-refractivity contribution in [2.75, 3.05) is 0 Å². The van der Waals surface area contributed by atoms with E-state index >= 15 is 0 Å². The summed E-state index contributed by atoms with van der Waals surface area (Å²) >= 11 is 0. The molecule has 6 rings (SSSR count). The van der Waals surface area contributed by atoms with Gasteiger partial charge >= 0.3 is 0 Å². The number of ether oxygens (including phenoxy) is 2. The molecule has 0 saturated carbocycles. The van der Waals surface area contributed by atoms with Crippen LogP contribution in [0.1, 0.15) is 40.8 Å². The van der Waals surface area contributed by atoms with Crippen molar-refractivity contribution in [3.05, 3.63) is 70.8 Å². The highest BCUT2D eigenvalue weighted by molar-refractivity contribution is 5.38. The lowest BCUT2D eigenvalue weighted by Gasteiger charge is -2.19. The highest BCUT2D eigenvalue weighted by Crippen LogP contribution is 2.41. The van der Waals surface area contributed by atoms with Crippen molar-refractivity contribution in [2.45, 2.75) is 56.0 Å². The van der Waals surface area contributed by atoms with Crippen LogP contribution < -0.4 is 10.6 Å². The van der Waals surface area contributed by atoms with Gasteiger partial charge in [0.05, 0.1) is 24.3 Å². The summed E-state index contributed by atoms with van der Waals surface area (Å²) in [5.41, 5.74) is 5.65. The molecule has 2 aromatic rings. The Kier molecular flexibility index (Phi) is 3.11. The monoisotopic (exact) mass is 334 g/mol. The Labute approximate surface area is 147 Å². The molecule has 2 aliphatic heterocycles. The highest BCUT2D eigenvalue weighted by Gasteiger charge is 2.45. The summed E-state index contributed by atoms with van der Waals surface area (Å²) in [6.07, 6.45) is 3.55. The molecule has 2 aromatic carbocycles. The van der Waals surface area contributed by atoms with Gasteiger partial charge < -0.3 is 9.47 Å². The van der Waals surface area contributed by atoms with Gasteiger partial charge in [0.15, 0.2) is 0 Å². The van der Waals surface area contributed by atoms with E-state index in [1.165, 1.54) is 22.3 Å². The Balaban J connectivity index is 1.14. The Hall–Kier alpha value is -1.72. The van der Waals surface area contributed by atoms with Gasteiger partial charge in [-0.3, -0.25) is 10.6 Å². The molecule has 0 unspecified atom stereocenters. The lowest BCUT2D eigenvalue weighted by molar-refractivity contribution is -0.0226. The first-order valence-corrected chi connectivity index (χ1v) is 9.34. The summed E-state index contributed by atoms with van der Waals surface area (Å²) in [6.45, 7) is 0. The van der Waals surface area contributed by atoms with E-state index in [4.69, 9.17) is 9.47 Å². The van der Waals surface area contributed by atoms with Crippen LogP contribution in [0.5, 0.6) is 0 Å². The van der Waals surface area contributed by atoms with E-state index in [2.05, 4.69) is 59.2 Å². The molecule has 0 radical (unpaired) electrons. The van der Waals surface area contributed by atoms with Gasteiger partial charge in [0.25, 0.3) is 0 Å². The molecule has 2 fully saturated rings. The summed E-state index contributed by atoms with van der Waals surface area (Å²) in [4.78, 5) is 0. The summed E-state index contributed by atoms with van der Waals surface area (Å²) in [5, 5.41) is 7.36. The molecular formula is C21H22N2O2. The molecular weight excluding hydrogens is 312 g/mol.